The summed E-state index contributed by atoms with van der Waals surface area (Å²) in [5.74, 6) is -1.20. The van der Waals surface area contributed by atoms with Crippen LogP contribution in [-0.2, 0) is 10.3 Å². The summed E-state index contributed by atoms with van der Waals surface area (Å²) in [4.78, 5) is 13.3. The minimum Gasteiger partial charge on any atom is -0.444 e. The Labute approximate surface area is 318 Å². The average Bonchev–Trinajstić information content (AvgIpc) is 3.55. The summed E-state index contributed by atoms with van der Waals surface area (Å²) in [6.45, 7) is 7.41. The van der Waals surface area contributed by atoms with Gasteiger partial charge in [0.05, 0.1) is 5.52 Å². The summed E-state index contributed by atoms with van der Waals surface area (Å²) < 4.78 is 64.5. The lowest BCUT2D eigenvalue weighted by Gasteiger charge is -2.37. The number of piperidine rings is 1. The first-order valence-corrected chi connectivity index (χ1v) is 17.9. The van der Waals surface area contributed by atoms with Gasteiger partial charge in [-0.1, -0.05) is 97.1 Å². The molecule has 288 valence electrons. The fourth-order valence-corrected chi connectivity index (χ4v) is 6.85. The van der Waals surface area contributed by atoms with Gasteiger partial charge in [0.15, 0.2) is 5.82 Å². The summed E-state index contributed by atoms with van der Waals surface area (Å²) in [7, 11) is 0. The molecule has 5 aromatic carbocycles. The van der Waals surface area contributed by atoms with Gasteiger partial charge in [0, 0.05) is 25.5 Å². The predicted octanol–water partition coefficient (Wildman–Crippen LogP) is 11.0. The van der Waals surface area contributed by atoms with Gasteiger partial charge in [-0.05, 0) is 92.6 Å². The van der Waals surface area contributed by atoms with Crippen molar-refractivity contribution in [3.63, 3.8) is 0 Å². The minimum atomic E-state index is -4.93. The van der Waals surface area contributed by atoms with Crippen molar-refractivity contribution in [1.29, 1.82) is 0 Å². The van der Waals surface area contributed by atoms with Gasteiger partial charge in [0.1, 0.15) is 22.7 Å². The predicted molar refractivity (Wildman–Crippen MR) is 206 cm³/mol. The van der Waals surface area contributed by atoms with Crippen LogP contribution in [0.4, 0.5) is 28.2 Å². The zero-order valence-electron chi connectivity index (χ0n) is 30.7. The molecule has 1 amide bonds. The maximum atomic E-state index is 14.9. The van der Waals surface area contributed by atoms with Gasteiger partial charge in [-0.25, -0.2) is 13.9 Å². The second-order valence-corrected chi connectivity index (χ2v) is 14.1. The Morgan fingerprint density at radius 2 is 1.31 bits per heavy atom. The number of hydrogen-bond acceptors (Lipinski definition) is 6. The first-order chi connectivity index (χ1) is 26.3. The average molecular weight is 757 g/mol. The zero-order valence-corrected chi connectivity index (χ0v) is 30.7. The lowest BCUT2D eigenvalue weighted by molar-refractivity contribution is -0.274. The normalized spacial score (nSPS) is 13.5. The van der Waals surface area contributed by atoms with Crippen LogP contribution < -0.4 is 10.2 Å². The van der Waals surface area contributed by atoms with Crippen LogP contribution in [0.2, 0.25) is 0 Å². The number of likely N-dealkylation sites (tertiary alicyclic amines) is 1. The summed E-state index contributed by atoms with van der Waals surface area (Å²) >= 11 is 0. The number of ether oxygens (including phenoxy) is 2. The van der Waals surface area contributed by atoms with Crippen molar-refractivity contribution in [2.24, 2.45) is 0 Å². The van der Waals surface area contributed by atoms with Crippen molar-refractivity contribution < 1.29 is 38.5 Å². The van der Waals surface area contributed by atoms with Crippen LogP contribution in [0.1, 0.15) is 58.2 Å². The van der Waals surface area contributed by atoms with Gasteiger partial charge >= 0.3 is 12.5 Å². The van der Waals surface area contributed by atoms with Gasteiger partial charge in [0.2, 0.25) is 0 Å². The van der Waals surface area contributed by atoms with E-state index in [1.807, 2.05) is 112 Å². The molecule has 0 saturated carbocycles. The summed E-state index contributed by atoms with van der Waals surface area (Å²) in [6, 6.07) is 37.0. The number of fused-ring (bicyclic) bond motifs is 1. The van der Waals surface area contributed by atoms with Crippen LogP contribution in [0.15, 0.2) is 127 Å². The number of nitrogens with zero attached hydrogens (tertiary/aromatic N) is 3. The Morgan fingerprint density at radius 1 is 0.764 bits per heavy atom. The highest BCUT2D eigenvalue weighted by atomic mass is 19.4. The third kappa shape index (κ3) is 8.76. The third-order valence-corrected chi connectivity index (χ3v) is 9.17. The molecule has 55 heavy (non-hydrogen) atoms. The Morgan fingerprint density at radius 3 is 1.80 bits per heavy atom. The van der Waals surface area contributed by atoms with Crippen LogP contribution in [0.5, 0.6) is 5.75 Å². The van der Waals surface area contributed by atoms with Crippen molar-refractivity contribution >= 4 is 22.8 Å². The van der Waals surface area contributed by atoms with Crippen molar-refractivity contribution in [3.8, 4) is 16.9 Å². The number of carbonyl (C=O) groups is 1. The monoisotopic (exact) mass is 756 g/mol. The molecule has 0 radical (unpaired) electrons. The molecule has 0 unspecified atom stereocenters. The molecule has 6 aromatic rings. The number of carbonyl (C=O) groups excluding carboxylic acids is 1. The number of halogens is 4. The van der Waals surface area contributed by atoms with E-state index < -0.39 is 23.5 Å². The van der Waals surface area contributed by atoms with Crippen molar-refractivity contribution in [2.75, 3.05) is 18.6 Å². The number of alkyl halides is 3. The number of aromatic nitrogens is 2. The lowest BCUT2D eigenvalue weighted by atomic mass is 9.77. The molecule has 2 N–H and O–H groups in total. The highest BCUT2D eigenvalue weighted by molar-refractivity contribution is 5.94. The molecular weight excluding hydrogens is 712 g/mol. The van der Waals surface area contributed by atoms with E-state index in [2.05, 4.69) is 10.2 Å². The van der Waals surface area contributed by atoms with Crippen molar-refractivity contribution in [2.45, 2.75) is 57.5 Å². The standard InChI is InChI=1S/C33H23F4N3O2.C10H19NO2.H2/c34-29-18-17-26(42-33(35,36)37)21-27(29)22-16-19-30-28(20-22)31(39-41)38-40(30)32(23-10-4-1-5-11-23,24-12-6-2-7-13-24)25-14-8-3-9-15-25;1-10(2,3)13-9(12)11-7-5-4-6-8-11;/h1-21,41H,(H,38,39);4-8H2,1-3H3;1H. The highest BCUT2D eigenvalue weighted by Crippen LogP contribution is 2.44. The first-order valence-electron chi connectivity index (χ1n) is 17.9. The van der Waals surface area contributed by atoms with E-state index in [1.165, 1.54) is 6.42 Å². The molecule has 0 spiro atoms. The maximum absolute atomic E-state index is 14.9. The van der Waals surface area contributed by atoms with Crippen LogP contribution in [0.25, 0.3) is 22.0 Å². The molecule has 1 saturated heterocycles. The second-order valence-electron chi connectivity index (χ2n) is 14.1. The maximum Gasteiger partial charge on any atom is 0.573 e. The largest absolute Gasteiger partial charge is 0.573 e. The molecule has 7 rings (SSSR count). The number of amides is 1. The topological polar surface area (TPSA) is 88.9 Å². The van der Waals surface area contributed by atoms with Crippen LogP contribution in [0.3, 0.4) is 0 Å². The van der Waals surface area contributed by atoms with E-state index in [0.29, 0.717) is 10.9 Å². The van der Waals surface area contributed by atoms with E-state index in [4.69, 9.17) is 9.84 Å². The molecule has 2 heterocycles. The Bertz CT molecular complexity index is 2110. The molecule has 8 nitrogen and oxygen atoms in total. The summed E-state index contributed by atoms with van der Waals surface area (Å²) in [6.07, 6.45) is -1.63. The van der Waals surface area contributed by atoms with Gasteiger partial charge in [-0.2, -0.15) is 5.10 Å². The van der Waals surface area contributed by atoms with Crippen LogP contribution >= 0.6 is 0 Å². The molecule has 0 aliphatic carbocycles. The van der Waals surface area contributed by atoms with Gasteiger partial charge in [-0.3, -0.25) is 10.7 Å². The molecule has 1 aromatic heterocycles. The molecule has 0 atom stereocenters. The van der Waals surface area contributed by atoms with E-state index in [1.54, 1.807) is 27.8 Å². The van der Waals surface area contributed by atoms with E-state index in [-0.39, 0.29) is 30.1 Å². The Hall–Kier alpha value is -5.88. The highest BCUT2D eigenvalue weighted by Gasteiger charge is 2.41. The van der Waals surface area contributed by atoms with Crippen LogP contribution in [-0.4, -0.2) is 51.0 Å². The second kappa shape index (κ2) is 16.2. The van der Waals surface area contributed by atoms with E-state index >= 15 is 0 Å². The SMILES string of the molecule is CC(C)(C)OC(=O)N1CCCCC1.ONc1nn(C(c2ccccc2)(c2ccccc2)c2ccccc2)c2ccc(-c3cc(OC(F)(F)F)ccc3F)cc12.[HH]. The Kier molecular flexibility index (Phi) is 11.5. The fraction of sp³-hybridized carbons (Fsp3) is 0.256. The lowest BCUT2D eigenvalue weighted by Crippen LogP contribution is -2.39. The quantitative estimate of drug-likeness (QED) is 0.0958. The number of hydrogen-bond donors (Lipinski definition) is 2. The smallest absolute Gasteiger partial charge is 0.444 e. The number of benzene rings is 5. The van der Waals surface area contributed by atoms with E-state index in [9.17, 15) is 27.6 Å². The molecular formula is C43H44F4N4O4. The molecule has 12 heteroatoms. The summed E-state index contributed by atoms with van der Waals surface area (Å²) in [5, 5.41) is 15.4. The number of nitrogens with one attached hydrogen (secondary N) is 1. The molecule has 0 bridgehead atoms. The van der Waals surface area contributed by atoms with Crippen molar-refractivity contribution in [1.82, 2.24) is 14.7 Å². The molecule has 1 aliphatic rings. The molecule has 1 aliphatic heterocycles. The number of rotatable bonds is 7. The van der Waals surface area contributed by atoms with E-state index in [0.717, 1.165) is 60.8 Å². The first kappa shape index (κ1) is 38.8. The zero-order chi connectivity index (χ0) is 39.2. The molecule has 1 fully saturated rings. The van der Waals surface area contributed by atoms with Gasteiger partial charge in [-0.15, -0.1) is 13.2 Å². The number of anilines is 1. The third-order valence-electron chi connectivity index (χ3n) is 9.17. The fourth-order valence-electron chi connectivity index (χ4n) is 6.85. The minimum absolute atomic E-state index is 0. The van der Waals surface area contributed by atoms with Gasteiger partial charge < -0.3 is 14.4 Å². The Balaban J connectivity index is 0.000000366. The van der Waals surface area contributed by atoms with Gasteiger partial charge in [0.25, 0.3) is 0 Å². The van der Waals surface area contributed by atoms with Crippen LogP contribution in [0, 0.1) is 5.82 Å². The summed E-state index contributed by atoms with van der Waals surface area (Å²) in [5.41, 5.74) is 4.20. The van der Waals surface area contributed by atoms with Crippen molar-refractivity contribution in [3.05, 3.63) is 150 Å².